The third-order valence-electron chi connectivity index (χ3n) is 19.5. The third-order valence-corrected chi connectivity index (χ3v) is 19.5. The fourth-order valence-electron chi connectivity index (χ4n) is 14.5. The molecule has 3 aliphatic carbocycles. The van der Waals surface area contributed by atoms with Crippen molar-refractivity contribution in [2.75, 3.05) is 9.80 Å². The predicted octanol–water partition coefficient (Wildman–Crippen LogP) is 23.6. The van der Waals surface area contributed by atoms with Crippen LogP contribution < -0.4 is 9.80 Å². The van der Waals surface area contributed by atoms with Crippen LogP contribution in [0.3, 0.4) is 0 Å². The first kappa shape index (κ1) is 56.2. The molecular formula is C87H66N4. The van der Waals surface area contributed by atoms with Crippen molar-refractivity contribution in [1.29, 1.82) is 5.26 Å². The number of fused-ring (bicyclic) bond motifs is 9. The van der Waals surface area contributed by atoms with Gasteiger partial charge in [-0.05, 0) is 196 Å². The average Bonchev–Trinajstić information content (AvgIpc) is 1.61. The molecule has 434 valence electrons. The van der Waals surface area contributed by atoms with E-state index in [1.54, 1.807) is 0 Å². The number of hydrogen-bond donors (Lipinski definition) is 0. The summed E-state index contributed by atoms with van der Waals surface area (Å²) in [5.41, 5.74) is 31.9. The highest BCUT2D eigenvalue weighted by atomic mass is 15.1. The van der Waals surface area contributed by atoms with E-state index in [1.807, 2.05) is 54.6 Å². The van der Waals surface area contributed by atoms with Crippen LogP contribution in [0.2, 0.25) is 0 Å². The van der Waals surface area contributed by atoms with Crippen molar-refractivity contribution in [2.24, 2.45) is 0 Å². The van der Waals surface area contributed by atoms with Crippen LogP contribution in [0, 0.1) is 17.9 Å². The molecule has 0 fully saturated rings. The maximum absolute atomic E-state index is 9.66. The number of nitriles is 1. The van der Waals surface area contributed by atoms with Crippen LogP contribution in [0.1, 0.15) is 103 Å². The van der Waals surface area contributed by atoms with E-state index in [1.165, 1.54) is 111 Å². The lowest BCUT2D eigenvalue weighted by molar-refractivity contribution is 0.660. The minimum atomic E-state index is -0.246. The molecule has 0 spiro atoms. The van der Waals surface area contributed by atoms with Gasteiger partial charge in [0, 0.05) is 50.4 Å². The summed E-state index contributed by atoms with van der Waals surface area (Å²) in [4.78, 5) is 8.28. The summed E-state index contributed by atoms with van der Waals surface area (Å²) in [5.74, 6) is 0. The van der Waals surface area contributed by atoms with Crippen molar-refractivity contribution in [3.05, 3.63) is 340 Å². The van der Waals surface area contributed by atoms with Crippen LogP contribution in [0.4, 0.5) is 39.8 Å². The minimum Gasteiger partial charge on any atom is -0.311 e. The Morgan fingerprint density at radius 1 is 0.308 bits per heavy atom. The van der Waals surface area contributed by atoms with E-state index in [9.17, 15) is 5.26 Å². The molecule has 12 aromatic rings. The predicted molar refractivity (Wildman–Crippen MR) is 381 cm³/mol. The molecule has 0 saturated carbocycles. The largest absolute Gasteiger partial charge is 0.311 e. The molecule has 0 amide bonds. The molecule has 0 N–H and O–H groups in total. The lowest BCUT2D eigenvalue weighted by Crippen LogP contribution is -2.16. The molecule has 0 saturated heterocycles. The van der Waals surface area contributed by atoms with E-state index in [4.69, 9.17) is 6.57 Å². The molecule has 15 rings (SSSR count). The average molecular weight is 1170 g/mol. The number of hydrogen-bond acceptors (Lipinski definition) is 3. The number of benzene rings is 12. The standard InChI is InChI=1S/C87H66N4/c1-85(2)79-50-57(18-20-59-26-46-75-77-48-42-71(54-83(77)86(3,4)81(75)52-59)90(67-34-22-61(56-88)23-35-67)68-36-28-64(29-37-68)62-14-10-8-11-15-62)24-44-73(79)74-45-25-58(51-80(74)85)19-21-60-27-47-76-78-49-43-72(55-84(78)87(5,6)82(76)53-60)91(70-40-32-66(89-7)33-41-70)69-38-30-65(31-39-69)63-16-12-9-13-17-63/h8-55H,1-6H3. The van der Waals surface area contributed by atoms with Crippen LogP contribution >= 0.6 is 0 Å². The van der Waals surface area contributed by atoms with Gasteiger partial charge in [0.2, 0.25) is 0 Å². The summed E-state index contributed by atoms with van der Waals surface area (Å²) in [6.07, 6.45) is 9.09. The van der Waals surface area contributed by atoms with Gasteiger partial charge in [0.15, 0.2) is 5.69 Å². The van der Waals surface area contributed by atoms with Gasteiger partial charge in [-0.15, -0.1) is 0 Å². The van der Waals surface area contributed by atoms with E-state index < -0.39 is 0 Å². The van der Waals surface area contributed by atoms with Crippen molar-refractivity contribution >= 4 is 64.1 Å². The molecule has 0 unspecified atom stereocenters. The van der Waals surface area contributed by atoms with Crippen LogP contribution in [-0.4, -0.2) is 0 Å². The first-order valence-electron chi connectivity index (χ1n) is 31.4. The second-order valence-electron chi connectivity index (χ2n) is 26.0. The topological polar surface area (TPSA) is 34.6 Å². The monoisotopic (exact) mass is 1170 g/mol. The first-order valence-corrected chi connectivity index (χ1v) is 31.4. The summed E-state index contributed by atoms with van der Waals surface area (Å²) in [5, 5.41) is 9.66. The quantitative estimate of drug-likeness (QED) is 0.0903. The van der Waals surface area contributed by atoms with Gasteiger partial charge in [0.05, 0.1) is 18.2 Å². The SMILES string of the molecule is [C-]#[N+]c1ccc(N(c2ccc(-c3ccccc3)cc2)c2ccc3c(c2)C(C)(C)c2cc(C=Cc4ccc5c(c4)C(C)(C)c4cc(C=Cc6ccc7c(c6)C(C)(C)c6cc(N(c8ccc(C#N)cc8)c8ccc(-c9ccccc9)cc8)ccc6-7)ccc4-5)ccc2-3)cc1. The smallest absolute Gasteiger partial charge is 0.187 e. The summed E-state index contributed by atoms with van der Waals surface area (Å²) < 4.78 is 0. The van der Waals surface area contributed by atoms with Crippen molar-refractivity contribution in [3.8, 4) is 61.7 Å². The Morgan fingerprint density at radius 3 is 0.879 bits per heavy atom. The third kappa shape index (κ3) is 9.86. The van der Waals surface area contributed by atoms with Gasteiger partial charge in [0.25, 0.3) is 0 Å². The summed E-state index contributed by atoms with van der Waals surface area (Å²) in [7, 11) is 0. The van der Waals surface area contributed by atoms with Gasteiger partial charge in [-0.1, -0.05) is 248 Å². The van der Waals surface area contributed by atoms with Crippen molar-refractivity contribution < 1.29 is 0 Å². The lowest BCUT2D eigenvalue weighted by atomic mass is 9.81. The Morgan fingerprint density at radius 2 is 0.571 bits per heavy atom. The number of rotatable bonds is 12. The molecule has 0 aliphatic heterocycles. The second-order valence-corrected chi connectivity index (χ2v) is 26.0. The molecule has 0 radical (unpaired) electrons. The van der Waals surface area contributed by atoms with Crippen LogP contribution in [0.15, 0.2) is 267 Å². The van der Waals surface area contributed by atoms with Gasteiger partial charge >= 0.3 is 0 Å². The van der Waals surface area contributed by atoms with Crippen molar-refractivity contribution in [1.82, 2.24) is 0 Å². The van der Waals surface area contributed by atoms with Gasteiger partial charge in [-0.25, -0.2) is 4.85 Å². The van der Waals surface area contributed by atoms with E-state index >= 15 is 0 Å². The maximum Gasteiger partial charge on any atom is 0.187 e. The molecule has 0 atom stereocenters. The van der Waals surface area contributed by atoms with Crippen LogP contribution in [0.25, 0.3) is 84.8 Å². The Hall–Kier alpha value is -11.3. The van der Waals surface area contributed by atoms with Gasteiger partial charge < -0.3 is 9.80 Å². The highest BCUT2D eigenvalue weighted by molar-refractivity contribution is 5.91. The second kappa shape index (κ2) is 22.1. The fourth-order valence-corrected chi connectivity index (χ4v) is 14.5. The van der Waals surface area contributed by atoms with Crippen LogP contribution in [-0.2, 0) is 16.2 Å². The van der Waals surface area contributed by atoms with E-state index in [0.717, 1.165) is 34.1 Å². The summed E-state index contributed by atoms with van der Waals surface area (Å²) in [6.45, 7) is 21.8. The van der Waals surface area contributed by atoms with Gasteiger partial charge in [0.1, 0.15) is 0 Å². The van der Waals surface area contributed by atoms with Gasteiger partial charge in [-0.2, -0.15) is 5.26 Å². The van der Waals surface area contributed by atoms with Gasteiger partial charge in [-0.3, -0.25) is 0 Å². The Balaban J connectivity index is 0.656. The van der Waals surface area contributed by atoms with Crippen LogP contribution in [0.5, 0.6) is 0 Å². The van der Waals surface area contributed by atoms with E-state index in [-0.39, 0.29) is 16.2 Å². The van der Waals surface area contributed by atoms with Crippen molar-refractivity contribution in [3.63, 3.8) is 0 Å². The summed E-state index contributed by atoms with van der Waals surface area (Å²) >= 11 is 0. The van der Waals surface area contributed by atoms with E-state index in [0.29, 0.717) is 11.3 Å². The zero-order chi connectivity index (χ0) is 62.2. The Kier molecular flexibility index (Phi) is 13.6. The minimum absolute atomic E-state index is 0.188. The Labute approximate surface area is 535 Å². The zero-order valence-electron chi connectivity index (χ0n) is 52.0. The van der Waals surface area contributed by atoms with E-state index in [2.05, 4.69) is 299 Å². The molecule has 0 bridgehead atoms. The Bertz CT molecular complexity index is 4680. The summed E-state index contributed by atoms with van der Waals surface area (Å²) in [6, 6.07) is 98.3. The molecule has 0 aromatic heterocycles. The highest BCUT2D eigenvalue weighted by Crippen LogP contribution is 2.54. The highest BCUT2D eigenvalue weighted by Gasteiger charge is 2.39. The fraction of sp³-hybridized carbons (Fsp3) is 0.103. The number of nitrogens with zero attached hydrogens (tertiary/aromatic N) is 4. The molecule has 0 heterocycles. The molecule has 3 aliphatic rings. The zero-order valence-corrected chi connectivity index (χ0v) is 52.0. The molecule has 12 aromatic carbocycles. The number of anilines is 6. The normalized spacial score (nSPS) is 14.0. The first-order chi connectivity index (χ1) is 44.2. The molecule has 4 nitrogen and oxygen atoms in total. The molecular weight excluding hydrogens is 1100 g/mol. The molecule has 91 heavy (non-hydrogen) atoms. The van der Waals surface area contributed by atoms with Crippen molar-refractivity contribution in [2.45, 2.75) is 57.8 Å². The molecule has 4 heteroatoms. The lowest BCUT2D eigenvalue weighted by Gasteiger charge is -2.28. The maximum atomic E-state index is 9.66.